The number of nitrogens with zero attached hydrogens (tertiary/aromatic N) is 3. The van der Waals surface area contributed by atoms with E-state index in [9.17, 15) is 28.4 Å². The fraction of sp³-hybridized carbons (Fsp3) is 0.111. The van der Waals surface area contributed by atoms with Gasteiger partial charge in [-0.3, -0.25) is 14.9 Å². The molecule has 0 aromatic heterocycles. The van der Waals surface area contributed by atoms with E-state index in [1.807, 2.05) is 0 Å². The number of anilines is 1. The number of primary sulfonamides is 1. The van der Waals surface area contributed by atoms with Crippen molar-refractivity contribution in [3.63, 3.8) is 0 Å². The molecule has 12 heteroatoms. The Bertz CT molecular complexity index is 1220. The van der Waals surface area contributed by atoms with Crippen LogP contribution in [0.25, 0.3) is 6.08 Å². The SMILES string of the molecule is COc1cc(/C=C2/C(=O)N(c3ccc(S(N)(=O)=O)cc3)N=C2C)cc([N+](=O)[O-])c1O. The second-order valence-corrected chi connectivity index (χ2v) is 7.81. The van der Waals surface area contributed by atoms with Crippen LogP contribution in [0.1, 0.15) is 12.5 Å². The van der Waals surface area contributed by atoms with Gasteiger partial charge in [-0.1, -0.05) is 0 Å². The maximum absolute atomic E-state index is 12.8. The molecule has 0 fully saturated rings. The van der Waals surface area contributed by atoms with Crippen LogP contribution in [-0.2, 0) is 14.8 Å². The van der Waals surface area contributed by atoms with E-state index in [0.717, 1.165) is 11.1 Å². The number of hydrogen-bond donors (Lipinski definition) is 2. The zero-order chi connectivity index (χ0) is 22.2. The van der Waals surface area contributed by atoms with Crippen molar-refractivity contribution in [2.24, 2.45) is 10.2 Å². The zero-order valence-corrected chi connectivity index (χ0v) is 16.6. The Labute approximate surface area is 170 Å². The number of carbonyl (C=O) groups excluding carboxylic acids is 1. The smallest absolute Gasteiger partial charge is 0.315 e. The van der Waals surface area contributed by atoms with Crippen molar-refractivity contribution in [1.29, 1.82) is 0 Å². The molecule has 1 aliphatic rings. The maximum atomic E-state index is 12.8. The molecule has 156 valence electrons. The molecule has 2 aromatic carbocycles. The fourth-order valence-electron chi connectivity index (χ4n) is 2.79. The Kier molecular flexibility index (Phi) is 5.29. The summed E-state index contributed by atoms with van der Waals surface area (Å²) < 4.78 is 27.7. The first kappa shape index (κ1) is 21.0. The van der Waals surface area contributed by atoms with E-state index in [0.29, 0.717) is 11.4 Å². The molecule has 1 aliphatic heterocycles. The highest BCUT2D eigenvalue weighted by atomic mass is 32.2. The molecule has 0 atom stereocenters. The summed E-state index contributed by atoms with van der Waals surface area (Å²) in [5, 5.41) is 31.3. The summed E-state index contributed by atoms with van der Waals surface area (Å²) in [7, 11) is -2.63. The molecule has 0 aliphatic carbocycles. The lowest BCUT2D eigenvalue weighted by molar-refractivity contribution is -0.386. The summed E-state index contributed by atoms with van der Waals surface area (Å²) in [5.41, 5.74) is 0.486. The number of nitro groups is 1. The number of hydrazone groups is 1. The van der Waals surface area contributed by atoms with Crippen molar-refractivity contribution >= 4 is 39.1 Å². The molecular formula is C18H16N4O7S. The van der Waals surface area contributed by atoms with Gasteiger partial charge in [-0.15, -0.1) is 0 Å². The summed E-state index contributed by atoms with van der Waals surface area (Å²) in [4.78, 5) is 23.1. The van der Waals surface area contributed by atoms with E-state index >= 15 is 0 Å². The third-order valence-electron chi connectivity index (χ3n) is 4.28. The third kappa shape index (κ3) is 3.86. The Morgan fingerprint density at radius 2 is 1.90 bits per heavy atom. The molecule has 0 unspecified atom stereocenters. The van der Waals surface area contributed by atoms with Gasteiger partial charge in [-0.2, -0.15) is 10.1 Å². The summed E-state index contributed by atoms with van der Waals surface area (Å²) >= 11 is 0. The first-order chi connectivity index (χ1) is 14.0. The van der Waals surface area contributed by atoms with Crippen LogP contribution in [-0.4, -0.2) is 37.2 Å². The molecule has 0 radical (unpaired) electrons. The molecule has 1 heterocycles. The van der Waals surface area contributed by atoms with Crippen molar-refractivity contribution in [3.8, 4) is 11.5 Å². The van der Waals surface area contributed by atoms with Gasteiger partial charge in [0.2, 0.25) is 15.8 Å². The molecule has 1 amide bonds. The normalized spacial score (nSPS) is 15.4. The first-order valence-corrected chi connectivity index (χ1v) is 9.87. The molecule has 30 heavy (non-hydrogen) atoms. The van der Waals surface area contributed by atoms with Crippen molar-refractivity contribution < 1.29 is 28.0 Å². The summed E-state index contributed by atoms with van der Waals surface area (Å²) in [6.07, 6.45) is 1.38. The Hall–Kier alpha value is -3.77. The van der Waals surface area contributed by atoms with Gasteiger partial charge in [-0.05, 0) is 48.9 Å². The van der Waals surface area contributed by atoms with E-state index in [-0.39, 0.29) is 21.8 Å². The van der Waals surface area contributed by atoms with Crippen LogP contribution in [0, 0.1) is 10.1 Å². The number of ether oxygens (including phenoxy) is 1. The Balaban J connectivity index is 1.99. The molecule has 11 nitrogen and oxygen atoms in total. The van der Waals surface area contributed by atoms with Gasteiger partial charge in [-0.25, -0.2) is 13.6 Å². The predicted octanol–water partition coefficient (Wildman–Crippen LogP) is 1.76. The Morgan fingerprint density at radius 3 is 2.43 bits per heavy atom. The first-order valence-electron chi connectivity index (χ1n) is 8.33. The molecule has 0 saturated carbocycles. The van der Waals surface area contributed by atoms with Crippen molar-refractivity contribution in [1.82, 2.24) is 0 Å². The number of hydrogen-bond acceptors (Lipinski definition) is 8. The van der Waals surface area contributed by atoms with Crippen molar-refractivity contribution in [2.45, 2.75) is 11.8 Å². The maximum Gasteiger partial charge on any atom is 0.315 e. The van der Waals surface area contributed by atoms with E-state index in [1.165, 1.54) is 43.5 Å². The highest BCUT2D eigenvalue weighted by Gasteiger charge is 2.29. The highest BCUT2D eigenvalue weighted by Crippen LogP contribution is 2.38. The van der Waals surface area contributed by atoms with Gasteiger partial charge < -0.3 is 9.84 Å². The van der Waals surface area contributed by atoms with Crippen LogP contribution in [0.15, 0.2) is 52.0 Å². The summed E-state index contributed by atoms with van der Waals surface area (Å²) in [6, 6.07) is 7.71. The van der Waals surface area contributed by atoms with Crippen LogP contribution in [0.5, 0.6) is 11.5 Å². The molecular weight excluding hydrogens is 416 g/mol. The number of aromatic hydroxyl groups is 1. The molecule has 0 spiro atoms. The largest absolute Gasteiger partial charge is 0.500 e. The minimum Gasteiger partial charge on any atom is -0.500 e. The number of phenolic OH excluding ortho intramolecular Hbond substituents is 1. The van der Waals surface area contributed by atoms with E-state index < -0.39 is 32.3 Å². The van der Waals surface area contributed by atoms with Gasteiger partial charge in [0, 0.05) is 6.07 Å². The van der Waals surface area contributed by atoms with Crippen LogP contribution in [0.4, 0.5) is 11.4 Å². The average molecular weight is 432 g/mol. The second kappa shape index (κ2) is 7.57. The van der Waals surface area contributed by atoms with E-state index in [2.05, 4.69) is 5.10 Å². The minimum atomic E-state index is -3.88. The quantitative estimate of drug-likeness (QED) is 0.412. The van der Waals surface area contributed by atoms with Crippen LogP contribution >= 0.6 is 0 Å². The lowest BCUT2D eigenvalue weighted by Gasteiger charge is -2.12. The third-order valence-corrected chi connectivity index (χ3v) is 5.21. The van der Waals surface area contributed by atoms with Gasteiger partial charge in [0.05, 0.1) is 33.9 Å². The number of amides is 1. The predicted molar refractivity (Wildman–Crippen MR) is 108 cm³/mol. The minimum absolute atomic E-state index is 0.113. The molecule has 0 bridgehead atoms. The zero-order valence-electron chi connectivity index (χ0n) is 15.8. The Morgan fingerprint density at radius 1 is 1.27 bits per heavy atom. The average Bonchev–Trinajstić information content (AvgIpc) is 2.96. The lowest BCUT2D eigenvalue weighted by Crippen LogP contribution is -2.21. The van der Waals surface area contributed by atoms with Crippen molar-refractivity contribution in [2.75, 3.05) is 12.1 Å². The molecule has 0 saturated heterocycles. The summed E-state index contributed by atoms with van der Waals surface area (Å²) in [5.74, 6) is -1.26. The molecule has 2 aromatic rings. The number of benzene rings is 2. The van der Waals surface area contributed by atoms with Gasteiger partial charge in [0.25, 0.3) is 5.91 Å². The monoisotopic (exact) mass is 432 g/mol. The van der Waals surface area contributed by atoms with Crippen LogP contribution in [0.3, 0.4) is 0 Å². The number of sulfonamides is 1. The number of rotatable bonds is 5. The van der Waals surface area contributed by atoms with Crippen molar-refractivity contribution in [3.05, 3.63) is 57.6 Å². The second-order valence-electron chi connectivity index (χ2n) is 6.25. The fourth-order valence-corrected chi connectivity index (χ4v) is 3.31. The van der Waals surface area contributed by atoms with Crippen LogP contribution in [0.2, 0.25) is 0 Å². The number of methoxy groups -OCH3 is 1. The van der Waals surface area contributed by atoms with E-state index in [1.54, 1.807) is 6.92 Å². The van der Waals surface area contributed by atoms with Gasteiger partial charge >= 0.3 is 5.69 Å². The number of carbonyl (C=O) groups is 1. The summed E-state index contributed by atoms with van der Waals surface area (Å²) in [6.45, 7) is 1.58. The van der Waals surface area contributed by atoms with Gasteiger partial charge in [0.1, 0.15) is 0 Å². The molecule has 3 rings (SSSR count). The standard InChI is InChI=1S/C18H16N4O7S/c1-10-14(7-11-8-15(22(25)26)17(23)16(9-11)29-2)18(24)21(20-10)12-3-5-13(6-4-12)30(19,27)28/h3-9,23H,1-2H3,(H2,19,27,28)/b14-7+. The van der Waals surface area contributed by atoms with E-state index in [4.69, 9.17) is 9.88 Å². The number of nitro benzene ring substituents is 1. The van der Waals surface area contributed by atoms with Crippen LogP contribution < -0.4 is 14.9 Å². The topological polar surface area (TPSA) is 165 Å². The molecule has 3 N–H and O–H groups in total. The number of nitrogens with two attached hydrogens (primary N) is 1. The number of phenols is 1. The van der Waals surface area contributed by atoms with Gasteiger partial charge in [0.15, 0.2) is 5.75 Å². The highest BCUT2D eigenvalue weighted by molar-refractivity contribution is 7.89. The lowest BCUT2D eigenvalue weighted by atomic mass is 10.1.